The second-order valence-electron chi connectivity index (χ2n) is 7.33. The molecule has 2 aromatic carbocycles. The lowest BCUT2D eigenvalue weighted by atomic mass is 10.1. The molecular formula is C23H32FIN4O. The van der Waals surface area contributed by atoms with Gasteiger partial charge in [-0.1, -0.05) is 18.2 Å². The van der Waals surface area contributed by atoms with E-state index in [2.05, 4.69) is 34.6 Å². The van der Waals surface area contributed by atoms with Gasteiger partial charge >= 0.3 is 0 Å². The number of hydrogen-bond acceptors (Lipinski definition) is 3. The fourth-order valence-corrected chi connectivity index (χ4v) is 3.60. The van der Waals surface area contributed by atoms with Crippen molar-refractivity contribution in [1.82, 2.24) is 10.6 Å². The number of aliphatic imine (C=N–C) groups is 1. The first kappa shape index (κ1) is 24.2. The van der Waals surface area contributed by atoms with Crippen molar-refractivity contribution in [1.29, 1.82) is 0 Å². The Balaban J connectivity index is 0.00000320. The summed E-state index contributed by atoms with van der Waals surface area (Å²) < 4.78 is 18.6. The maximum absolute atomic E-state index is 13.3. The van der Waals surface area contributed by atoms with Gasteiger partial charge in [0, 0.05) is 44.5 Å². The topological polar surface area (TPSA) is 48.9 Å². The molecule has 1 saturated heterocycles. The Morgan fingerprint density at radius 1 is 1.20 bits per heavy atom. The van der Waals surface area contributed by atoms with Gasteiger partial charge in [-0.3, -0.25) is 4.99 Å². The molecule has 0 aromatic heterocycles. The summed E-state index contributed by atoms with van der Waals surface area (Å²) in [4.78, 5) is 7.17. The Morgan fingerprint density at radius 3 is 2.80 bits per heavy atom. The number of ether oxygens (including phenoxy) is 1. The largest absolute Gasteiger partial charge is 0.497 e. The van der Waals surface area contributed by atoms with Gasteiger partial charge in [-0.25, -0.2) is 4.39 Å². The van der Waals surface area contributed by atoms with E-state index < -0.39 is 0 Å². The van der Waals surface area contributed by atoms with Crippen LogP contribution < -0.4 is 20.3 Å². The lowest BCUT2D eigenvalue weighted by molar-refractivity contribution is 0.415. The van der Waals surface area contributed by atoms with Crippen LogP contribution in [0.3, 0.4) is 0 Å². The van der Waals surface area contributed by atoms with Crippen LogP contribution in [0, 0.1) is 11.7 Å². The van der Waals surface area contributed by atoms with Crippen LogP contribution in [0.1, 0.15) is 18.9 Å². The highest BCUT2D eigenvalue weighted by atomic mass is 127. The summed E-state index contributed by atoms with van der Waals surface area (Å²) in [6, 6.07) is 15.0. The third kappa shape index (κ3) is 7.34. The Kier molecular flexibility index (Phi) is 10.2. The summed E-state index contributed by atoms with van der Waals surface area (Å²) in [5, 5.41) is 6.65. The van der Waals surface area contributed by atoms with E-state index >= 15 is 0 Å². The average molecular weight is 526 g/mol. The number of nitrogens with one attached hydrogen (secondary N) is 2. The van der Waals surface area contributed by atoms with E-state index in [1.165, 1.54) is 11.8 Å². The van der Waals surface area contributed by atoms with Gasteiger partial charge in [-0.05, 0) is 55.5 Å². The summed E-state index contributed by atoms with van der Waals surface area (Å²) in [7, 11) is 1.70. The van der Waals surface area contributed by atoms with Gasteiger partial charge in [0.05, 0.1) is 7.11 Å². The van der Waals surface area contributed by atoms with Crippen molar-refractivity contribution >= 4 is 35.6 Å². The minimum Gasteiger partial charge on any atom is -0.497 e. The number of anilines is 1. The molecule has 7 heteroatoms. The first-order chi connectivity index (χ1) is 14.2. The van der Waals surface area contributed by atoms with E-state index in [1.54, 1.807) is 19.2 Å². The zero-order chi connectivity index (χ0) is 20.5. The highest BCUT2D eigenvalue weighted by molar-refractivity contribution is 14.0. The fraction of sp³-hybridized carbons (Fsp3) is 0.435. The van der Waals surface area contributed by atoms with E-state index in [0.29, 0.717) is 5.92 Å². The molecule has 0 bridgehead atoms. The number of hydrogen-bond donors (Lipinski definition) is 2. The molecule has 1 aliphatic rings. The Bertz CT molecular complexity index is 817. The van der Waals surface area contributed by atoms with Crippen LogP contribution in [0.5, 0.6) is 5.75 Å². The molecule has 3 rings (SSSR count). The number of benzene rings is 2. The van der Waals surface area contributed by atoms with Gasteiger partial charge in [-0.2, -0.15) is 0 Å². The highest BCUT2D eigenvalue weighted by Gasteiger charge is 2.22. The third-order valence-corrected chi connectivity index (χ3v) is 5.15. The van der Waals surface area contributed by atoms with Gasteiger partial charge in [0.25, 0.3) is 0 Å². The molecule has 0 spiro atoms. The number of halogens is 2. The van der Waals surface area contributed by atoms with Crippen LogP contribution in [0.15, 0.2) is 53.5 Å². The second-order valence-corrected chi connectivity index (χ2v) is 7.33. The van der Waals surface area contributed by atoms with Gasteiger partial charge in [0.2, 0.25) is 0 Å². The Morgan fingerprint density at radius 2 is 2.03 bits per heavy atom. The summed E-state index contributed by atoms with van der Waals surface area (Å²) in [6.45, 7) is 6.41. The first-order valence-corrected chi connectivity index (χ1v) is 10.3. The van der Waals surface area contributed by atoms with Crippen molar-refractivity contribution in [3.05, 3.63) is 59.9 Å². The molecule has 2 N–H and O–H groups in total. The van der Waals surface area contributed by atoms with E-state index in [4.69, 9.17) is 9.73 Å². The maximum atomic E-state index is 13.3. The van der Waals surface area contributed by atoms with Crippen LogP contribution in [0.2, 0.25) is 0 Å². The van der Waals surface area contributed by atoms with Crippen LogP contribution in [0.25, 0.3) is 0 Å². The second kappa shape index (κ2) is 12.6. The molecule has 1 aliphatic heterocycles. The standard InChI is InChI=1S/C23H31FN4O.HI/c1-3-25-23(26-12-10-18-6-4-7-20(24)14-18)27-16-19-11-13-28(17-19)21-8-5-9-22(15-21)29-2;/h4-9,14-15,19H,3,10-13,16-17H2,1-2H3,(H2,25,26,27);1H. The molecule has 164 valence electrons. The third-order valence-electron chi connectivity index (χ3n) is 5.15. The predicted molar refractivity (Wildman–Crippen MR) is 133 cm³/mol. The average Bonchev–Trinajstić information content (AvgIpc) is 3.21. The number of guanidine groups is 1. The summed E-state index contributed by atoms with van der Waals surface area (Å²) in [6.07, 6.45) is 1.89. The molecule has 30 heavy (non-hydrogen) atoms. The SMILES string of the molecule is CCNC(=NCC1CCN(c2cccc(OC)c2)C1)NCCc1cccc(F)c1.I. The normalized spacial score (nSPS) is 16.2. The van der Waals surface area contributed by atoms with Gasteiger partial charge in [0.1, 0.15) is 11.6 Å². The first-order valence-electron chi connectivity index (χ1n) is 10.3. The van der Waals surface area contributed by atoms with Crippen molar-refractivity contribution in [2.45, 2.75) is 19.8 Å². The smallest absolute Gasteiger partial charge is 0.191 e. The number of rotatable bonds is 8. The van der Waals surface area contributed by atoms with Crippen molar-refractivity contribution in [3.8, 4) is 5.75 Å². The molecule has 2 aromatic rings. The zero-order valence-corrected chi connectivity index (χ0v) is 20.1. The molecule has 1 heterocycles. The molecule has 0 aliphatic carbocycles. The van der Waals surface area contributed by atoms with Gasteiger partial charge in [0.15, 0.2) is 5.96 Å². The molecule has 0 amide bonds. The van der Waals surface area contributed by atoms with Crippen molar-refractivity contribution in [2.75, 3.05) is 44.7 Å². The zero-order valence-electron chi connectivity index (χ0n) is 17.7. The molecular weight excluding hydrogens is 494 g/mol. The van der Waals surface area contributed by atoms with Crippen LogP contribution in [0.4, 0.5) is 10.1 Å². The van der Waals surface area contributed by atoms with Crippen LogP contribution >= 0.6 is 24.0 Å². The Labute approximate surface area is 196 Å². The monoisotopic (exact) mass is 526 g/mol. The molecule has 0 saturated carbocycles. The molecule has 1 unspecified atom stereocenters. The van der Waals surface area contributed by atoms with Crippen molar-refractivity contribution < 1.29 is 9.13 Å². The quantitative estimate of drug-likeness (QED) is 0.310. The minimum absolute atomic E-state index is 0. The maximum Gasteiger partial charge on any atom is 0.191 e. The lowest BCUT2D eigenvalue weighted by Crippen LogP contribution is -2.38. The minimum atomic E-state index is -0.190. The summed E-state index contributed by atoms with van der Waals surface area (Å²) in [5.41, 5.74) is 2.19. The van der Waals surface area contributed by atoms with Gasteiger partial charge < -0.3 is 20.3 Å². The summed E-state index contributed by atoms with van der Waals surface area (Å²) >= 11 is 0. The number of methoxy groups -OCH3 is 1. The van der Waals surface area contributed by atoms with E-state index in [0.717, 1.165) is 62.8 Å². The lowest BCUT2D eigenvalue weighted by Gasteiger charge is -2.19. The van der Waals surface area contributed by atoms with E-state index in [9.17, 15) is 4.39 Å². The highest BCUT2D eigenvalue weighted by Crippen LogP contribution is 2.26. The fourth-order valence-electron chi connectivity index (χ4n) is 3.60. The molecule has 1 fully saturated rings. The van der Waals surface area contributed by atoms with Crippen LogP contribution in [-0.2, 0) is 6.42 Å². The summed E-state index contributed by atoms with van der Waals surface area (Å²) in [5.74, 6) is 2.05. The molecule has 5 nitrogen and oxygen atoms in total. The molecule has 0 radical (unpaired) electrons. The molecule has 1 atom stereocenters. The van der Waals surface area contributed by atoms with Crippen LogP contribution in [-0.4, -0.2) is 45.8 Å². The Hall–Kier alpha value is -2.03. The van der Waals surface area contributed by atoms with Crippen molar-refractivity contribution in [2.24, 2.45) is 10.9 Å². The number of nitrogens with zero attached hydrogens (tertiary/aromatic N) is 2. The van der Waals surface area contributed by atoms with Crippen molar-refractivity contribution in [3.63, 3.8) is 0 Å². The van der Waals surface area contributed by atoms with E-state index in [-0.39, 0.29) is 29.8 Å². The predicted octanol–water partition coefficient (Wildman–Crippen LogP) is 4.08. The van der Waals surface area contributed by atoms with E-state index in [1.807, 2.05) is 18.2 Å². The van der Waals surface area contributed by atoms with Gasteiger partial charge in [-0.15, -0.1) is 24.0 Å².